The molecule has 4 heteroatoms. The SMILES string of the molecule is COCCCNC(=O)CNC1C2C3CCC(C3)C12. The molecule has 3 fully saturated rings. The van der Waals surface area contributed by atoms with Crippen LogP contribution in [-0.4, -0.2) is 38.8 Å². The van der Waals surface area contributed by atoms with Crippen molar-refractivity contribution in [1.29, 1.82) is 0 Å². The maximum atomic E-state index is 11.6. The van der Waals surface area contributed by atoms with Crippen molar-refractivity contribution in [2.75, 3.05) is 26.8 Å². The van der Waals surface area contributed by atoms with E-state index in [4.69, 9.17) is 4.74 Å². The van der Waals surface area contributed by atoms with Crippen LogP contribution in [0.3, 0.4) is 0 Å². The van der Waals surface area contributed by atoms with E-state index in [2.05, 4.69) is 10.6 Å². The third-order valence-corrected chi connectivity index (χ3v) is 5.08. The first-order valence-corrected chi connectivity index (χ1v) is 7.30. The van der Waals surface area contributed by atoms with Gasteiger partial charge in [-0.3, -0.25) is 4.79 Å². The Balaban J connectivity index is 1.30. The lowest BCUT2D eigenvalue weighted by Crippen LogP contribution is -2.37. The number of nitrogens with one attached hydrogen (secondary N) is 2. The molecule has 0 radical (unpaired) electrons. The molecule has 3 aliphatic carbocycles. The minimum Gasteiger partial charge on any atom is -0.385 e. The molecule has 4 unspecified atom stereocenters. The Hall–Kier alpha value is -0.610. The van der Waals surface area contributed by atoms with Gasteiger partial charge in [-0.15, -0.1) is 0 Å². The highest BCUT2D eigenvalue weighted by Crippen LogP contribution is 2.65. The van der Waals surface area contributed by atoms with E-state index >= 15 is 0 Å². The van der Waals surface area contributed by atoms with E-state index in [1.54, 1.807) is 7.11 Å². The molecule has 3 aliphatic rings. The van der Waals surface area contributed by atoms with Gasteiger partial charge in [-0.2, -0.15) is 0 Å². The summed E-state index contributed by atoms with van der Waals surface area (Å²) in [6.07, 6.45) is 5.23. The molecule has 0 saturated heterocycles. The summed E-state index contributed by atoms with van der Waals surface area (Å²) in [6.45, 7) is 1.92. The van der Waals surface area contributed by atoms with Crippen LogP contribution in [0.5, 0.6) is 0 Å². The molecule has 0 aromatic carbocycles. The van der Waals surface area contributed by atoms with Crippen molar-refractivity contribution in [3.8, 4) is 0 Å². The van der Waals surface area contributed by atoms with Crippen LogP contribution in [0, 0.1) is 23.7 Å². The van der Waals surface area contributed by atoms with Gasteiger partial charge >= 0.3 is 0 Å². The van der Waals surface area contributed by atoms with Gasteiger partial charge < -0.3 is 15.4 Å². The number of carbonyl (C=O) groups excluding carboxylic acids is 1. The van der Waals surface area contributed by atoms with E-state index in [1.165, 1.54) is 19.3 Å². The van der Waals surface area contributed by atoms with Crippen LogP contribution in [0.1, 0.15) is 25.7 Å². The Bertz CT molecular complexity index is 305. The number of methoxy groups -OCH3 is 1. The first-order valence-electron chi connectivity index (χ1n) is 7.30. The molecule has 4 nitrogen and oxygen atoms in total. The first kappa shape index (κ1) is 12.4. The van der Waals surface area contributed by atoms with E-state index in [-0.39, 0.29) is 5.91 Å². The third-order valence-electron chi connectivity index (χ3n) is 5.08. The van der Waals surface area contributed by atoms with Gasteiger partial charge in [0.15, 0.2) is 0 Å². The largest absolute Gasteiger partial charge is 0.385 e. The molecule has 102 valence electrons. The molecule has 0 aliphatic heterocycles. The second kappa shape index (κ2) is 5.17. The standard InChI is InChI=1S/C14H24N2O2/c1-18-6-2-5-15-11(17)8-16-14-12-9-3-4-10(7-9)13(12)14/h9-10,12-14,16H,2-8H2,1H3,(H,15,17). The van der Waals surface area contributed by atoms with E-state index in [0.29, 0.717) is 19.2 Å². The highest BCUT2D eigenvalue weighted by atomic mass is 16.5. The van der Waals surface area contributed by atoms with Crippen molar-refractivity contribution >= 4 is 5.91 Å². The third kappa shape index (κ3) is 2.28. The molecule has 2 N–H and O–H groups in total. The van der Waals surface area contributed by atoms with Crippen LogP contribution in [0.25, 0.3) is 0 Å². The van der Waals surface area contributed by atoms with E-state index in [0.717, 1.165) is 36.6 Å². The number of fused-ring (bicyclic) bond motifs is 5. The summed E-state index contributed by atoms with van der Waals surface area (Å²) in [5.74, 6) is 3.89. The number of rotatable bonds is 7. The van der Waals surface area contributed by atoms with Crippen molar-refractivity contribution in [2.45, 2.75) is 31.7 Å². The second-order valence-corrected chi connectivity index (χ2v) is 6.09. The Morgan fingerprint density at radius 1 is 1.28 bits per heavy atom. The van der Waals surface area contributed by atoms with Crippen LogP contribution in [0.2, 0.25) is 0 Å². The van der Waals surface area contributed by atoms with Crippen molar-refractivity contribution in [3.05, 3.63) is 0 Å². The number of amides is 1. The van der Waals surface area contributed by atoms with Crippen LogP contribution < -0.4 is 10.6 Å². The smallest absolute Gasteiger partial charge is 0.233 e. The van der Waals surface area contributed by atoms with Gasteiger partial charge in [-0.1, -0.05) is 0 Å². The van der Waals surface area contributed by atoms with Gasteiger partial charge in [0.1, 0.15) is 0 Å². The molecular formula is C14H24N2O2. The summed E-state index contributed by atoms with van der Waals surface area (Å²) in [5, 5.41) is 6.38. The molecule has 0 aromatic rings. The minimum absolute atomic E-state index is 0.128. The number of hydrogen-bond donors (Lipinski definition) is 2. The fraction of sp³-hybridized carbons (Fsp3) is 0.929. The maximum Gasteiger partial charge on any atom is 0.233 e. The fourth-order valence-electron chi connectivity index (χ4n) is 4.32. The van der Waals surface area contributed by atoms with Crippen LogP contribution in [-0.2, 0) is 9.53 Å². The lowest BCUT2D eigenvalue weighted by molar-refractivity contribution is -0.120. The Morgan fingerprint density at radius 3 is 2.67 bits per heavy atom. The summed E-state index contributed by atoms with van der Waals surface area (Å²) in [4.78, 5) is 11.6. The molecule has 2 bridgehead atoms. The zero-order valence-electron chi connectivity index (χ0n) is 11.2. The average molecular weight is 252 g/mol. The second-order valence-electron chi connectivity index (χ2n) is 6.09. The maximum absolute atomic E-state index is 11.6. The average Bonchev–Trinajstić information content (AvgIpc) is 2.77. The molecule has 18 heavy (non-hydrogen) atoms. The predicted octanol–water partition coefficient (Wildman–Crippen LogP) is 0.773. The van der Waals surface area contributed by atoms with Crippen molar-refractivity contribution < 1.29 is 9.53 Å². The van der Waals surface area contributed by atoms with Crippen molar-refractivity contribution in [2.24, 2.45) is 23.7 Å². The quantitative estimate of drug-likeness (QED) is 0.658. The summed E-state index contributed by atoms with van der Waals surface area (Å²) < 4.78 is 4.95. The molecular weight excluding hydrogens is 228 g/mol. The molecule has 1 amide bonds. The summed E-state index contributed by atoms with van der Waals surface area (Å²) in [7, 11) is 1.68. The molecule has 4 atom stereocenters. The topological polar surface area (TPSA) is 50.4 Å². The van der Waals surface area contributed by atoms with Crippen molar-refractivity contribution in [3.63, 3.8) is 0 Å². The molecule has 3 rings (SSSR count). The van der Waals surface area contributed by atoms with Gasteiger partial charge in [0.25, 0.3) is 0 Å². The Kier molecular flexibility index (Phi) is 3.57. The van der Waals surface area contributed by atoms with E-state index in [9.17, 15) is 4.79 Å². The molecule has 3 saturated carbocycles. The van der Waals surface area contributed by atoms with Crippen LogP contribution in [0.15, 0.2) is 0 Å². The number of carbonyl (C=O) groups is 1. The van der Waals surface area contributed by atoms with E-state index in [1.807, 2.05) is 0 Å². The van der Waals surface area contributed by atoms with Crippen molar-refractivity contribution in [1.82, 2.24) is 10.6 Å². The Morgan fingerprint density at radius 2 is 2.00 bits per heavy atom. The number of ether oxygens (including phenoxy) is 1. The molecule has 0 aromatic heterocycles. The van der Waals surface area contributed by atoms with Gasteiger partial charge in [-0.05, 0) is 49.4 Å². The zero-order chi connectivity index (χ0) is 12.5. The number of hydrogen-bond acceptors (Lipinski definition) is 3. The monoisotopic (exact) mass is 252 g/mol. The Labute approximate surface area is 109 Å². The highest BCUT2D eigenvalue weighted by Gasteiger charge is 2.64. The van der Waals surface area contributed by atoms with Gasteiger partial charge in [0.2, 0.25) is 5.91 Å². The summed E-state index contributed by atoms with van der Waals surface area (Å²) >= 11 is 0. The summed E-state index contributed by atoms with van der Waals surface area (Å²) in [5.41, 5.74) is 0. The van der Waals surface area contributed by atoms with Crippen LogP contribution in [0.4, 0.5) is 0 Å². The molecule has 0 heterocycles. The fourth-order valence-corrected chi connectivity index (χ4v) is 4.32. The van der Waals surface area contributed by atoms with Crippen LogP contribution >= 0.6 is 0 Å². The normalized spacial score (nSPS) is 39.7. The first-order chi connectivity index (χ1) is 8.81. The predicted molar refractivity (Wildman–Crippen MR) is 69.1 cm³/mol. The lowest BCUT2D eigenvalue weighted by Gasteiger charge is -2.10. The highest BCUT2D eigenvalue weighted by molar-refractivity contribution is 5.78. The summed E-state index contributed by atoms with van der Waals surface area (Å²) in [6, 6.07) is 0.654. The molecule has 0 spiro atoms. The lowest BCUT2D eigenvalue weighted by atomic mass is 10.0. The zero-order valence-corrected chi connectivity index (χ0v) is 11.2. The van der Waals surface area contributed by atoms with E-state index < -0.39 is 0 Å². The van der Waals surface area contributed by atoms with Gasteiger partial charge in [0, 0.05) is 26.3 Å². The minimum atomic E-state index is 0.128. The van der Waals surface area contributed by atoms with Gasteiger partial charge in [-0.25, -0.2) is 0 Å². The van der Waals surface area contributed by atoms with Gasteiger partial charge in [0.05, 0.1) is 6.54 Å².